The summed E-state index contributed by atoms with van der Waals surface area (Å²) in [6.45, 7) is 6.52. The van der Waals surface area contributed by atoms with Crippen molar-refractivity contribution in [3.63, 3.8) is 0 Å². The van der Waals surface area contributed by atoms with E-state index in [0.29, 0.717) is 24.6 Å². The standard InChI is InChI=1S/C23H28FN7O/c1-3-25-23(32)30-22-20(24)17(6-9-26-22)14-31-12-7-16(8-13-31)18-4-5-19(29-15(18)2)21-27-10-11-28-21/h4-6,9-11,16H,3,7-8,12-14H2,1-2H3,(H,27,28)(H2,25,26,30,32). The quantitative estimate of drug-likeness (QED) is 0.544. The molecule has 0 spiro atoms. The Bertz CT molecular complexity index is 1060. The molecule has 1 aliphatic heterocycles. The van der Waals surface area contributed by atoms with Crippen LogP contribution in [-0.2, 0) is 6.54 Å². The predicted molar refractivity (Wildman–Crippen MR) is 121 cm³/mol. The van der Waals surface area contributed by atoms with Crippen molar-refractivity contribution >= 4 is 11.8 Å². The first-order valence-electron chi connectivity index (χ1n) is 10.9. The lowest BCUT2D eigenvalue weighted by Gasteiger charge is -2.32. The first-order chi connectivity index (χ1) is 15.5. The molecule has 0 unspecified atom stereocenters. The first kappa shape index (κ1) is 21.9. The predicted octanol–water partition coefficient (Wildman–Crippen LogP) is 3.84. The number of hydrogen-bond donors (Lipinski definition) is 3. The second-order valence-corrected chi connectivity index (χ2v) is 7.98. The monoisotopic (exact) mass is 437 g/mol. The highest BCUT2D eigenvalue weighted by atomic mass is 19.1. The van der Waals surface area contributed by atoms with Crippen LogP contribution in [0.5, 0.6) is 0 Å². The SMILES string of the molecule is CCNC(=O)Nc1nccc(CN2CCC(c3ccc(-c4ncc[nH]4)nc3C)CC2)c1F. The van der Waals surface area contributed by atoms with Gasteiger partial charge in [-0.15, -0.1) is 0 Å². The van der Waals surface area contributed by atoms with E-state index in [-0.39, 0.29) is 5.82 Å². The number of urea groups is 1. The minimum absolute atomic E-state index is 0.0401. The molecule has 3 aromatic heterocycles. The van der Waals surface area contributed by atoms with Gasteiger partial charge in [0.1, 0.15) is 5.69 Å². The van der Waals surface area contributed by atoms with Gasteiger partial charge in [0, 0.05) is 42.9 Å². The molecule has 4 heterocycles. The number of carbonyl (C=O) groups excluding carboxylic acids is 1. The van der Waals surface area contributed by atoms with Crippen LogP contribution in [0.15, 0.2) is 36.8 Å². The van der Waals surface area contributed by atoms with Crippen molar-refractivity contribution in [2.24, 2.45) is 0 Å². The number of anilines is 1. The van der Waals surface area contributed by atoms with E-state index in [0.717, 1.165) is 43.1 Å². The molecule has 1 saturated heterocycles. The Balaban J connectivity index is 1.37. The van der Waals surface area contributed by atoms with E-state index in [4.69, 9.17) is 4.98 Å². The maximum Gasteiger partial charge on any atom is 0.320 e. The third-order valence-electron chi connectivity index (χ3n) is 5.83. The number of hydrogen-bond acceptors (Lipinski definition) is 5. The smallest absolute Gasteiger partial charge is 0.320 e. The van der Waals surface area contributed by atoms with Gasteiger partial charge in [0.25, 0.3) is 0 Å². The summed E-state index contributed by atoms with van der Waals surface area (Å²) in [5.41, 5.74) is 3.67. The van der Waals surface area contributed by atoms with Gasteiger partial charge in [-0.3, -0.25) is 10.2 Å². The molecular formula is C23H28FN7O. The third-order valence-corrected chi connectivity index (χ3v) is 5.83. The number of rotatable bonds is 6. The lowest BCUT2D eigenvalue weighted by Crippen LogP contribution is -2.33. The normalized spacial score (nSPS) is 15.0. The molecule has 0 radical (unpaired) electrons. The summed E-state index contributed by atoms with van der Waals surface area (Å²) in [5, 5.41) is 5.05. The molecule has 1 aliphatic rings. The molecule has 0 aliphatic carbocycles. The Morgan fingerprint density at radius 2 is 2.03 bits per heavy atom. The van der Waals surface area contributed by atoms with Crippen LogP contribution in [-0.4, -0.2) is 50.5 Å². The summed E-state index contributed by atoms with van der Waals surface area (Å²) in [5.74, 6) is 0.688. The molecule has 9 heteroatoms. The van der Waals surface area contributed by atoms with Crippen LogP contribution in [0, 0.1) is 12.7 Å². The van der Waals surface area contributed by atoms with Gasteiger partial charge in [-0.1, -0.05) is 6.07 Å². The molecule has 3 N–H and O–H groups in total. The second-order valence-electron chi connectivity index (χ2n) is 7.98. The Hall–Kier alpha value is -3.33. The number of H-pyrrole nitrogens is 1. The van der Waals surface area contributed by atoms with Gasteiger partial charge in [-0.2, -0.15) is 0 Å². The molecule has 8 nitrogen and oxygen atoms in total. The average molecular weight is 438 g/mol. The molecule has 32 heavy (non-hydrogen) atoms. The number of nitrogens with one attached hydrogen (secondary N) is 3. The number of halogens is 1. The molecule has 168 valence electrons. The van der Waals surface area contributed by atoms with Crippen LogP contribution in [0.3, 0.4) is 0 Å². The van der Waals surface area contributed by atoms with Crippen molar-refractivity contribution in [1.82, 2.24) is 30.2 Å². The third kappa shape index (κ3) is 4.94. The number of nitrogens with zero attached hydrogens (tertiary/aromatic N) is 4. The Kier molecular flexibility index (Phi) is 6.75. The second kappa shape index (κ2) is 9.86. The van der Waals surface area contributed by atoms with Crippen LogP contribution in [0.25, 0.3) is 11.5 Å². The van der Waals surface area contributed by atoms with Gasteiger partial charge in [0.05, 0.1) is 0 Å². The lowest BCUT2D eigenvalue weighted by atomic mass is 9.88. The number of aryl methyl sites for hydroxylation is 1. The molecular weight excluding hydrogens is 409 g/mol. The summed E-state index contributed by atoms with van der Waals surface area (Å²) >= 11 is 0. The van der Waals surface area contributed by atoms with Crippen molar-refractivity contribution in [2.75, 3.05) is 25.0 Å². The summed E-state index contributed by atoms with van der Waals surface area (Å²) in [6, 6.07) is 5.39. The number of carbonyl (C=O) groups is 1. The van der Waals surface area contributed by atoms with E-state index in [2.05, 4.69) is 36.6 Å². The zero-order valence-electron chi connectivity index (χ0n) is 18.4. The molecule has 4 rings (SSSR count). The number of piperidine rings is 1. The van der Waals surface area contributed by atoms with E-state index in [9.17, 15) is 9.18 Å². The van der Waals surface area contributed by atoms with Gasteiger partial charge in [0.2, 0.25) is 0 Å². The van der Waals surface area contributed by atoms with Crippen LogP contribution in [0.4, 0.5) is 15.0 Å². The van der Waals surface area contributed by atoms with E-state index in [1.165, 1.54) is 11.8 Å². The number of amides is 2. The van der Waals surface area contributed by atoms with E-state index >= 15 is 0 Å². The topological polar surface area (TPSA) is 98.8 Å². The number of aromatic amines is 1. The van der Waals surface area contributed by atoms with Gasteiger partial charge < -0.3 is 10.3 Å². The molecule has 1 fully saturated rings. The Morgan fingerprint density at radius 3 is 2.72 bits per heavy atom. The zero-order valence-corrected chi connectivity index (χ0v) is 18.4. The molecule has 0 atom stereocenters. The van der Waals surface area contributed by atoms with Crippen molar-refractivity contribution in [2.45, 2.75) is 39.2 Å². The van der Waals surface area contributed by atoms with Gasteiger partial charge in [0.15, 0.2) is 17.5 Å². The fraction of sp³-hybridized carbons (Fsp3) is 0.391. The van der Waals surface area contributed by atoms with Crippen LogP contribution < -0.4 is 10.6 Å². The number of aromatic nitrogens is 4. The number of imidazole rings is 1. The minimum Gasteiger partial charge on any atom is -0.343 e. The van der Waals surface area contributed by atoms with E-state index in [1.807, 2.05) is 13.0 Å². The van der Waals surface area contributed by atoms with Crippen molar-refractivity contribution < 1.29 is 9.18 Å². The van der Waals surface area contributed by atoms with Crippen molar-refractivity contribution in [1.29, 1.82) is 0 Å². The Morgan fingerprint density at radius 1 is 1.22 bits per heavy atom. The summed E-state index contributed by atoms with van der Waals surface area (Å²) < 4.78 is 14.8. The van der Waals surface area contributed by atoms with Gasteiger partial charge in [-0.25, -0.2) is 24.1 Å². The highest BCUT2D eigenvalue weighted by molar-refractivity contribution is 5.88. The maximum absolute atomic E-state index is 14.8. The first-order valence-corrected chi connectivity index (χ1v) is 10.9. The highest BCUT2D eigenvalue weighted by Gasteiger charge is 2.24. The molecule has 0 bridgehead atoms. The molecule has 0 saturated carbocycles. The van der Waals surface area contributed by atoms with Crippen LogP contribution in [0.2, 0.25) is 0 Å². The fourth-order valence-electron chi connectivity index (χ4n) is 4.19. The van der Waals surface area contributed by atoms with Crippen LogP contribution >= 0.6 is 0 Å². The number of pyridine rings is 2. The van der Waals surface area contributed by atoms with E-state index in [1.54, 1.807) is 25.4 Å². The maximum atomic E-state index is 14.8. The Labute approximate surface area is 186 Å². The van der Waals surface area contributed by atoms with Gasteiger partial charge in [-0.05, 0) is 63.4 Å². The van der Waals surface area contributed by atoms with E-state index < -0.39 is 11.8 Å². The van der Waals surface area contributed by atoms with Crippen LogP contribution in [0.1, 0.15) is 42.5 Å². The highest BCUT2D eigenvalue weighted by Crippen LogP contribution is 2.31. The fourth-order valence-corrected chi connectivity index (χ4v) is 4.19. The average Bonchev–Trinajstić information content (AvgIpc) is 3.32. The van der Waals surface area contributed by atoms with Crippen molar-refractivity contribution in [3.8, 4) is 11.5 Å². The minimum atomic E-state index is -0.477. The lowest BCUT2D eigenvalue weighted by molar-refractivity contribution is 0.202. The summed E-state index contributed by atoms with van der Waals surface area (Å²) in [6.07, 6.45) is 7.02. The summed E-state index contributed by atoms with van der Waals surface area (Å²) in [7, 11) is 0. The largest absolute Gasteiger partial charge is 0.343 e. The summed E-state index contributed by atoms with van der Waals surface area (Å²) in [4.78, 5) is 30.0. The zero-order chi connectivity index (χ0) is 22.5. The van der Waals surface area contributed by atoms with Gasteiger partial charge >= 0.3 is 6.03 Å². The molecule has 2 amide bonds. The number of likely N-dealkylation sites (tertiary alicyclic amines) is 1. The molecule has 3 aromatic rings. The van der Waals surface area contributed by atoms with Crippen molar-refractivity contribution in [3.05, 3.63) is 59.4 Å². The molecule has 0 aromatic carbocycles.